The van der Waals surface area contributed by atoms with Gasteiger partial charge in [0.25, 0.3) is 0 Å². The summed E-state index contributed by atoms with van der Waals surface area (Å²) in [5.74, 6) is 0. The monoisotopic (exact) mass is 269 g/mol. The Morgan fingerprint density at radius 2 is 2.21 bits per heavy atom. The third kappa shape index (κ3) is 3.52. The van der Waals surface area contributed by atoms with Crippen LogP contribution in [0.3, 0.4) is 0 Å². The van der Waals surface area contributed by atoms with Crippen LogP contribution < -0.4 is 5.32 Å². The second-order valence-corrected chi connectivity index (χ2v) is 6.15. The van der Waals surface area contributed by atoms with Crippen molar-refractivity contribution >= 4 is 12.1 Å². The fraction of sp³-hybridized carbons (Fsp3) is 0.846. The molecule has 0 radical (unpaired) electrons. The molecule has 6 heteroatoms. The molecule has 6 nitrogen and oxygen atoms in total. The van der Waals surface area contributed by atoms with Crippen molar-refractivity contribution in [2.75, 3.05) is 26.2 Å². The second-order valence-electron chi connectivity index (χ2n) is 6.15. The van der Waals surface area contributed by atoms with E-state index in [2.05, 4.69) is 5.32 Å². The summed E-state index contributed by atoms with van der Waals surface area (Å²) in [7, 11) is 0. The molecule has 2 rings (SSSR count). The van der Waals surface area contributed by atoms with E-state index in [0.717, 1.165) is 25.9 Å². The number of nitrogens with one attached hydrogen (secondary N) is 1. The topological polar surface area (TPSA) is 61.9 Å². The van der Waals surface area contributed by atoms with Gasteiger partial charge in [0, 0.05) is 26.2 Å². The minimum Gasteiger partial charge on any atom is -0.444 e. The normalized spacial score (nSPS) is 22.7. The van der Waals surface area contributed by atoms with E-state index in [4.69, 9.17) is 4.74 Å². The number of urea groups is 1. The van der Waals surface area contributed by atoms with E-state index < -0.39 is 11.7 Å². The second kappa shape index (κ2) is 5.27. The predicted octanol–water partition coefficient (Wildman–Crippen LogP) is 1.41. The third-order valence-electron chi connectivity index (χ3n) is 3.37. The SMILES string of the molecule is CC(C)(C)OC(=O)NCCN1C[C@@H]2CCCN2C1=O. The van der Waals surface area contributed by atoms with Gasteiger partial charge in [-0.15, -0.1) is 0 Å². The molecule has 2 heterocycles. The zero-order valence-electron chi connectivity index (χ0n) is 11.9. The summed E-state index contributed by atoms with van der Waals surface area (Å²) in [6.45, 7) is 8.11. The Morgan fingerprint density at radius 1 is 1.47 bits per heavy atom. The van der Waals surface area contributed by atoms with Crippen molar-refractivity contribution < 1.29 is 14.3 Å². The first-order valence-electron chi connectivity index (χ1n) is 6.89. The number of hydrogen-bond donors (Lipinski definition) is 1. The van der Waals surface area contributed by atoms with Crippen LogP contribution >= 0.6 is 0 Å². The van der Waals surface area contributed by atoms with Crippen molar-refractivity contribution in [2.45, 2.75) is 45.3 Å². The summed E-state index contributed by atoms with van der Waals surface area (Å²) < 4.78 is 5.14. The van der Waals surface area contributed by atoms with Gasteiger partial charge in [0.05, 0.1) is 6.04 Å². The number of fused-ring (bicyclic) bond motifs is 1. The standard InChI is InChI=1S/C13H23N3O3/c1-13(2,3)19-11(17)14-6-8-15-9-10-5-4-7-16(10)12(15)18/h10H,4-9H2,1-3H3,(H,14,17)/t10-/m0/s1. The van der Waals surface area contributed by atoms with Gasteiger partial charge in [0.15, 0.2) is 0 Å². The Hall–Kier alpha value is -1.46. The maximum absolute atomic E-state index is 12.0. The van der Waals surface area contributed by atoms with Crippen LogP contribution in [0, 0.1) is 0 Å². The van der Waals surface area contributed by atoms with Crippen molar-refractivity contribution in [3.8, 4) is 0 Å². The molecule has 0 bridgehead atoms. The minimum atomic E-state index is -0.490. The van der Waals surface area contributed by atoms with Gasteiger partial charge >= 0.3 is 12.1 Å². The lowest BCUT2D eigenvalue weighted by atomic mass is 10.2. The van der Waals surface area contributed by atoms with Crippen LogP contribution in [0.4, 0.5) is 9.59 Å². The Morgan fingerprint density at radius 3 is 2.84 bits per heavy atom. The summed E-state index contributed by atoms with van der Waals surface area (Å²) in [6.07, 6.45) is 1.78. The van der Waals surface area contributed by atoms with Gasteiger partial charge < -0.3 is 19.9 Å². The molecule has 3 amide bonds. The maximum atomic E-state index is 12.0. The van der Waals surface area contributed by atoms with Gasteiger partial charge in [0.2, 0.25) is 0 Å². The van der Waals surface area contributed by atoms with Crippen molar-refractivity contribution in [3.63, 3.8) is 0 Å². The quantitative estimate of drug-likeness (QED) is 0.842. The summed E-state index contributed by atoms with van der Waals surface area (Å²) >= 11 is 0. The molecular formula is C13H23N3O3. The van der Waals surface area contributed by atoms with Crippen molar-refractivity contribution in [1.29, 1.82) is 0 Å². The van der Waals surface area contributed by atoms with Crippen LogP contribution in [-0.4, -0.2) is 59.7 Å². The zero-order valence-corrected chi connectivity index (χ0v) is 11.9. The highest BCUT2D eigenvalue weighted by Crippen LogP contribution is 2.25. The lowest BCUT2D eigenvalue weighted by Crippen LogP contribution is -2.39. The zero-order chi connectivity index (χ0) is 14.0. The van der Waals surface area contributed by atoms with Gasteiger partial charge in [-0.3, -0.25) is 0 Å². The Kier molecular flexibility index (Phi) is 3.87. The minimum absolute atomic E-state index is 0.105. The Balaban J connectivity index is 1.69. The number of carbonyl (C=O) groups is 2. The lowest BCUT2D eigenvalue weighted by Gasteiger charge is -2.21. The van der Waals surface area contributed by atoms with E-state index in [1.807, 2.05) is 25.7 Å². The highest BCUT2D eigenvalue weighted by molar-refractivity contribution is 5.77. The summed E-state index contributed by atoms with van der Waals surface area (Å²) in [6, 6.07) is 0.488. The molecule has 2 saturated heterocycles. The molecule has 2 fully saturated rings. The Bertz CT molecular complexity index is 365. The van der Waals surface area contributed by atoms with Crippen molar-refractivity contribution in [3.05, 3.63) is 0 Å². The van der Waals surface area contributed by atoms with Gasteiger partial charge in [-0.1, -0.05) is 0 Å². The first-order chi connectivity index (χ1) is 8.87. The van der Waals surface area contributed by atoms with E-state index >= 15 is 0 Å². The number of hydrogen-bond acceptors (Lipinski definition) is 3. The molecule has 1 N–H and O–H groups in total. The molecule has 2 aliphatic heterocycles. The number of carbonyl (C=O) groups excluding carboxylic acids is 2. The first kappa shape index (κ1) is 14.0. The highest BCUT2D eigenvalue weighted by atomic mass is 16.6. The van der Waals surface area contributed by atoms with Crippen molar-refractivity contribution in [1.82, 2.24) is 15.1 Å². The van der Waals surface area contributed by atoms with Crippen LogP contribution in [0.15, 0.2) is 0 Å². The molecule has 0 saturated carbocycles. The van der Waals surface area contributed by atoms with E-state index in [9.17, 15) is 9.59 Å². The highest BCUT2D eigenvalue weighted by Gasteiger charge is 2.39. The Labute approximate surface area is 114 Å². The fourth-order valence-electron chi connectivity index (χ4n) is 2.59. The van der Waals surface area contributed by atoms with Gasteiger partial charge in [-0.2, -0.15) is 0 Å². The molecular weight excluding hydrogens is 246 g/mol. The van der Waals surface area contributed by atoms with Crippen LogP contribution in [0.25, 0.3) is 0 Å². The average Bonchev–Trinajstić information content (AvgIpc) is 2.81. The molecule has 19 heavy (non-hydrogen) atoms. The first-order valence-corrected chi connectivity index (χ1v) is 6.89. The van der Waals surface area contributed by atoms with Crippen molar-refractivity contribution in [2.24, 2.45) is 0 Å². The van der Waals surface area contributed by atoms with Gasteiger partial charge in [-0.25, -0.2) is 9.59 Å². The number of nitrogens with zero attached hydrogens (tertiary/aromatic N) is 2. The van der Waals surface area contributed by atoms with E-state index in [0.29, 0.717) is 19.1 Å². The van der Waals surface area contributed by atoms with Gasteiger partial charge in [-0.05, 0) is 33.6 Å². The molecule has 2 aliphatic rings. The molecule has 1 atom stereocenters. The smallest absolute Gasteiger partial charge is 0.407 e. The number of rotatable bonds is 3. The van der Waals surface area contributed by atoms with E-state index in [-0.39, 0.29) is 6.03 Å². The van der Waals surface area contributed by atoms with E-state index in [1.54, 1.807) is 4.90 Å². The molecule has 0 aromatic rings. The van der Waals surface area contributed by atoms with E-state index in [1.165, 1.54) is 0 Å². The molecule has 108 valence electrons. The summed E-state index contributed by atoms with van der Waals surface area (Å²) in [4.78, 5) is 27.2. The van der Waals surface area contributed by atoms with Crippen LogP contribution in [-0.2, 0) is 4.74 Å². The molecule has 0 unspecified atom stereocenters. The van der Waals surface area contributed by atoms with Crippen LogP contribution in [0.5, 0.6) is 0 Å². The largest absolute Gasteiger partial charge is 0.444 e. The maximum Gasteiger partial charge on any atom is 0.407 e. The molecule has 0 aromatic heterocycles. The molecule has 0 aromatic carbocycles. The number of alkyl carbamates (subject to hydrolysis) is 1. The predicted molar refractivity (Wildman–Crippen MR) is 70.9 cm³/mol. The number of ether oxygens (including phenoxy) is 1. The number of amides is 3. The van der Waals surface area contributed by atoms with Gasteiger partial charge in [0.1, 0.15) is 5.60 Å². The molecule has 0 aliphatic carbocycles. The third-order valence-corrected chi connectivity index (χ3v) is 3.37. The molecule has 0 spiro atoms. The summed E-state index contributed by atoms with van der Waals surface area (Å²) in [5.41, 5.74) is -0.490. The lowest BCUT2D eigenvalue weighted by molar-refractivity contribution is 0.0524. The average molecular weight is 269 g/mol. The fourth-order valence-corrected chi connectivity index (χ4v) is 2.59. The van der Waals surface area contributed by atoms with Crippen LogP contribution in [0.1, 0.15) is 33.6 Å². The van der Waals surface area contributed by atoms with Crippen LogP contribution in [0.2, 0.25) is 0 Å². The summed E-state index contributed by atoms with van der Waals surface area (Å²) in [5, 5.41) is 2.68.